The fourth-order valence-corrected chi connectivity index (χ4v) is 1.60. The quantitative estimate of drug-likeness (QED) is 0.819. The standard InChI is InChI=1S/C12H12ClNO2/c1-8-12(9(2)16-14-8)7-15-11-5-3-4-10(13)6-11/h3-6H,7H2,1-2H3. The lowest BCUT2D eigenvalue weighted by molar-refractivity contribution is 0.302. The van der Waals surface area contributed by atoms with Crippen molar-refractivity contribution in [2.75, 3.05) is 0 Å². The van der Waals surface area contributed by atoms with Crippen molar-refractivity contribution in [2.45, 2.75) is 20.5 Å². The van der Waals surface area contributed by atoms with Crippen LogP contribution in [0.25, 0.3) is 0 Å². The molecule has 1 aromatic carbocycles. The molecule has 0 aliphatic carbocycles. The van der Waals surface area contributed by atoms with E-state index in [1.807, 2.05) is 32.0 Å². The van der Waals surface area contributed by atoms with Crippen LogP contribution in [0.3, 0.4) is 0 Å². The molecule has 2 aromatic rings. The zero-order chi connectivity index (χ0) is 11.5. The Kier molecular flexibility index (Phi) is 3.15. The number of halogens is 1. The minimum Gasteiger partial charge on any atom is -0.489 e. The molecule has 0 fully saturated rings. The van der Waals surface area contributed by atoms with E-state index in [0.717, 1.165) is 22.8 Å². The largest absolute Gasteiger partial charge is 0.489 e. The molecule has 4 heteroatoms. The summed E-state index contributed by atoms with van der Waals surface area (Å²) in [6, 6.07) is 7.30. The molecule has 1 heterocycles. The van der Waals surface area contributed by atoms with Crippen molar-refractivity contribution < 1.29 is 9.26 Å². The molecule has 0 radical (unpaired) electrons. The average Bonchev–Trinajstić information content (AvgIpc) is 2.56. The smallest absolute Gasteiger partial charge is 0.140 e. The molecule has 0 atom stereocenters. The number of ether oxygens (including phenoxy) is 1. The van der Waals surface area contributed by atoms with Gasteiger partial charge in [0.15, 0.2) is 0 Å². The Morgan fingerprint density at radius 2 is 2.19 bits per heavy atom. The Morgan fingerprint density at radius 1 is 1.38 bits per heavy atom. The molecule has 0 spiro atoms. The molecule has 16 heavy (non-hydrogen) atoms. The SMILES string of the molecule is Cc1noc(C)c1COc1cccc(Cl)c1. The Balaban J connectivity index is 2.08. The van der Waals surface area contributed by atoms with E-state index in [1.165, 1.54) is 0 Å². The average molecular weight is 238 g/mol. The van der Waals surface area contributed by atoms with Crippen LogP contribution in [0.15, 0.2) is 28.8 Å². The second-order valence-corrected chi connectivity index (χ2v) is 3.99. The molecule has 0 unspecified atom stereocenters. The Morgan fingerprint density at radius 3 is 2.81 bits per heavy atom. The highest BCUT2D eigenvalue weighted by atomic mass is 35.5. The minimum absolute atomic E-state index is 0.446. The number of nitrogens with zero attached hydrogens (tertiary/aromatic N) is 1. The van der Waals surface area contributed by atoms with Crippen molar-refractivity contribution in [1.82, 2.24) is 5.16 Å². The maximum Gasteiger partial charge on any atom is 0.140 e. The van der Waals surface area contributed by atoms with Gasteiger partial charge in [0.2, 0.25) is 0 Å². The van der Waals surface area contributed by atoms with Gasteiger partial charge in [-0.05, 0) is 32.0 Å². The van der Waals surface area contributed by atoms with Crippen LogP contribution in [0.1, 0.15) is 17.0 Å². The van der Waals surface area contributed by atoms with Gasteiger partial charge in [0, 0.05) is 5.02 Å². The number of hydrogen-bond acceptors (Lipinski definition) is 3. The lowest BCUT2D eigenvalue weighted by Gasteiger charge is -2.05. The van der Waals surface area contributed by atoms with Gasteiger partial charge < -0.3 is 9.26 Å². The number of benzene rings is 1. The fourth-order valence-electron chi connectivity index (χ4n) is 1.42. The van der Waals surface area contributed by atoms with Crippen molar-refractivity contribution in [3.63, 3.8) is 0 Å². The predicted octanol–water partition coefficient (Wildman–Crippen LogP) is 3.52. The number of rotatable bonds is 3. The van der Waals surface area contributed by atoms with Crippen LogP contribution >= 0.6 is 11.6 Å². The van der Waals surface area contributed by atoms with Crippen LogP contribution in [0.5, 0.6) is 5.75 Å². The number of aryl methyl sites for hydroxylation is 2. The van der Waals surface area contributed by atoms with E-state index >= 15 is 0 Å². The Labute approximate surface area is 99.0 Å². The highest BCUT2D eigenvalue weighted by molar-refractivity contribution is 6.30. The van der Waals surface area contributed by atoms with Gasteiger partial charge in [-0.1, -0.05) is 22.8 Å². The van der Waals surface area contributed by atoms with E-state index in [-0.39, 0.29) is 0 Å². The maximum absolute atomic E-state index is 5.86. The van der Waals surface area contributed by atoms with Crippen LogP contribution in [0.4, 0.5) is 0 Å². The third kappa shape index (κ3) is 2.36. The highest BCUT2D eigenvalue weighted by Crippen LogP contribution is 2.20. The molecule has 1 aromatic heterocycles. The lowest BCUT2D eigenvalue weighted by atomic mass is 10.2. The Bertz CT molecular complexity index is 474. The first-order chi connectivity index (χ1) is 7.66. The van der Waals surface area contributed by atoms with Crippen molar-refractivity contribution in [3.05, 3.63) is 46.3 Å². The number of aromatic nitrogens is 1. The first kappa shape index (κ1) is 11.0. The zero-order valence-corrected chi connectivity index (χ0v) is 9.91. The summed E-state index contributed by atoms with van der Waals surface area (Å²) in [4.78, 5) is 0. The second-order valence-electron chi connectivity index (χ2n) is 3.55. The van der Waals surface area contributed by atoms with E-state index in [9.17, 15) is 0 Å². The minimum atomic E-state index is 0.446. The molecule has 0 saturated carbocycles. The predicted molar refractivity (Wildman–Crippen MR) is 61.8 cm³/mol. The van der Waals surface area contributed by atoms with Crippen LogP contribution in [0.2, 0.25) is 5.02 Å². The molecule has 0 bridgehead atoms. The first-order valence-electron chi connectivity index (χ1n) is 4.97. The molecule has 0 aliphatic heterocycles. The molecule has 2 rings (SSSR count). The summed E-state index contributed by atoms with van der Waals surface area (Å²) in [5.41, 5.74) is 1.85. The van der Waals surface area contributed by atoms with Gasteiger partial charge in [-0.3, -0.25) is 0 Å². The molecule has 0 saturated heterocycles. The van der Waals surface area contributed by atoms with Gasteiger partial charge in [0.05, 0.1) is 11.3 Å². The zero-order valence-electron chi connectivity index (χ0n) is 9.16. The van der Waals surface area contributed by atoms with Crippen LogP contribution in [0, 0.1) is 13.8 Å². The fraction of sp³-hybridized carbons (Fsp3) is 0.250. The van der Waals surface area contributed by atoms with Gasteiger partial charge in [-0.2, -0.15) is 0 Å². The molecular formula is C12H12ClNO2. The van der Waals surface area contributed by atoms with E-state index in [0.29, 0.717) is 11.6 Å². The van der Waals surface area contributed by atoms with Crippen LogP contribution in [-0.4, -0.2) is 5.16 Å². The summed E-state index contributed by atoms with van der Waals surface area (Å²) in [5, 5.41) is 4.53. The molecular weight excluding hydrogens is 226 g/mol. The Hall–Kier alpha value is -1.48. The maximum atomic E-state index is 5.86. The third-order valence-electron chi connectivity index (χ3n) is 2.36. The molecule has 0 amide bonds. The molecule has 84 valence electrons. The van der Waals surface area contributed by atoms with Crippen molar-refractivity contribution in [3.8, 4) is 5.75 Å². The van der Waals surface area contributed by atoms with Gasteiger partial charge in [-0.15, -0.1) is 0 Å². The van der Waals surface area contributed by atoms with Gasteiger partial charge >= 0.3 is 0 Å². The van der Waals surface area contributed by atoms with Gasteiger partial charge in [0.1, 0.15) is 18.1 Å². The summed E-state index contributed by atoms with van der Waals surface area (Å²) in [7, 11) is 0. The van der Waals surface area contributed by atoms with Gasteiger partial charge in [-0.25, -0.2) is 0 Å². The van der Waals surface area contributed by atoms with Crippen molar-refractivity contribution in [2.24, 2.45) is 0 Å². The monoisotopic (exact) mass is 237 g/mol. The summed E-state index contributed by atoms with van der Waals surface area (Å²) in [6.07, 6.45) is 0. The van der Waals surface area contributed by atoms with Crippen molar-refractivity contribution >= 4 is 11.6 Å². The lowest BCUT2D eigenvalue weighted by Crippen LogP contribution is -1.97. The van der Waals surface area contributed by atoms with E-state index in [1.54, 1.807) is 6.07 Å². The van der Waals surface area contributed by atoms with Crippen LogP contribution < -0.4 is 4.74 Å². The van der Waals surface area contributed by atoms with Crippen molar-refractivity contribution in [1.29, 1.82) is 0 Å². The first-order valence-corrected chi connectivity index (χ1v) is 5.34. The van der Waals surface area contributed by atoms with Gasteiger partial charge in [0.25, 0.3) is 0 Å². The second kappa shape index (κ2) is 4.58. The van der Waals surface area contributed by atoms with E-state index in [2.05, 4.69) is 5.16 Å². The molecule has 0 N–H and O–H groups in total. The normalized spacial score (nSPS) is 10.4. The topological polar surface area (TPSA) is 35.3 Å². The summed E-state index contributed by atoms with van der Waals surface area (Å²) < 4.78 is 10.7. The summed E-state index contributed by atoms with van der Waals surface area (Å²) >= 11 is 5.86. The summed E-state index contributed by atoms with van der Waals surface area (Å²) in [5.74, 6) is 1.53. The highest BCUT2D eigenvalue weighted by Gasteiger charge is 2.09. The van der Waals surface area contributed by atoms with E-state index in [4.69, 9.17) is 20.9 Å². The van der Waals surface area contributed by atoms with E-state index < -0.39 is 0 Å². The number of hydrogen-bond donors (Lipinski definition) is 0. The molecule has 0 aliphatic rings. The third-order valence-corrected chi connectivity index (χ3v) is 2.60. The van der Waals surface area contributed by atoms with Crippen LogP contribution in [-0.2, 0) is 6.61 Å². The summed E-state index contributed by atoms with van der Waals surface area (Å²) in [6.45, 7) is 4.21. The molecule has 3 nitrogen and oxygen atoms in total.